The second-order valence-electron chi connectivity index (χ2n) is 3.62. The van der Waals surface area contributed by atoms with Gasteiger partial charge in [0.2, 0.25) is 15.9 Å². The van der Waals surface area contributed by atoms with Gasteiger partial charge >= 0.3 is 0 Å². The van der Waals surface area contributed by atoms with Crippen LogP contribution in [0, 0.1) is 5.82 Å². The van der Waals surface area contributed by atoms with Crippen molar-refractivity contribution < 1.29 is 22.3 Å². The summed E-state index contributed by atoms with van der Waals surface area (Å²) in [5.74, 6) is -1.15. The minimum absolute atomic E-state index is 0.225. The lowest BCUT2D eigenvalue weighted by Crippen LogP contribution is -2.38. The third-order valence-electron chi connectivity index (χ3n) is 2.16. The molecule has 0 aliphatic carbocycles. The number of methoxy groups -OCH3 is 1. The van der Waals surface area contributed by atoms with Gasteiger partial charge in [-0.05, 0) is 18.2 Å². The molecule has 106 valence electrons. The third kappa shape index (κ3) is 5.33. The van der Waals surface area contributed by atoms with Gasteiger partial charge in [-0.3, -0.25) is 4.79 Å². The molecule has 0 bridgehead atoms. The number of nitrogens with one attached hydrogen (secondary N) is 2. The van der Waals surface area contributed by atoms with Gasteiger partial charge in [0.25, 0.3) is 0 Å². The van der Waals surface area contributed by atoms with Crippen molar-refractivity contribution >= 4 is 15.9 Å². The van der Waals surface area contributed by atoms with Gasteiger partial charge in [0.15, 0.2) is 0 Å². The van der Waals surface area contributed by atoms with E-state index in [9.17, 15) is 17.6 Å². The molecule has 6 nitrogen and oxygen atoms in total. The van der Waals surface area contributed by atoms with Gasteiger partial charge in [-0.1, -0.05) is 6.07 Å². The highest BCUT2D eigenvalue weighted by atomic mass is 32.2. The minimum atomic E-state index is -3.89. The summed E-state index contributed by atoms with van der Waals surface area (Å²) in [4.78, 5) is 11.1. The maximum atomic E-state index is 12.9. The number of ether oxygens (including phenoxy) is 1. The molecule has 0 heterocycles. The van der Waals surface area contributed by atoms with Gasteiger partial charge in [-0.25, -0.2) is 17.5 Å². The van der Waals surface area contributed by atoms with Crippen LogP contribution in [0.4, 0.5) is 4.39 Å². The summed E-state index contributed by atoms with van der Waals surface area (Å²) in [5, 5.41) is 2.45. The maximum absolute atomic E-state index is 12.9. The molecule has 1 aromatic rings. The highest BCUT2D eigenvalue weighted by Crippen LogP contribution is 2.09. The normalized spacial score (nSPS) is 11.3. The van der Waals surface area contributed by atoms with E-state index < -0.39 is 28.3 Å². The Hall–Kier alpha value is -1.51. The Morgan fingerprint density at radius 3 is 2.79 bits per heavy atom. The Kier molecular flexibility index (Phi) is 5.87. The van der Waals surface area contributed by atoms with Crippen molar-refractivity contribution in [2.24, 2.45) is 0 Å². The van der Waals surface area contributed by atoms with E-state index in [-0.39, 0.29) is 11.4 Å². The summed E-state index contributed by atoms with van der Waals surface area (Å²) < 4.78 is 43.2. The number of hydrogen-bond donors (Lipinski definition) is 2. The fourth-order valence-corrected chi connectivity index (χ4v) is 2.25. The van der Waals surface area contributed by atoms with Crippen molar-refractivity contribution in [3.8, 4) is 0 Å². The van der Waals surface area contributed by atoms with Crippen LogP contribution in [-0.4, -0.2) is 41.1 Å². The fraction of sp³-hybridized carbons (Fsp3) is 0.364. The Bertz CT molecular complexity index is 533. The van der Waals surface area contributed by atoms with Crippen LogP contribution in [0.15, 0.2) is 29.2 Å². The van der Waals surface area contributed by atoms with Gasteiger partial charge in [0.1, 0.15) is 5.82 Å². The van der Waals surface area contributed by atoms with E-state index in [1.165, 1.54) is 19.2 Å². The van der Waals surface area contributed by atoms with Gasteiger partial charge in [-0.2, -0.15) is 0 Å². The molecule has 0 unspecified atom stereocenters. The first-order valence-corrected chi connectivity index (χ1v) is 6.95. The second-order valence-corrected chi connectivity index (χ2v) is 5.39. The molecule has 0 aliphatic rings. The van der Waals surface area contributed by atoms with Gasteiger partial charge < -0.3 is 10.1 Å². The molecule has 0 saturated carbocycles. The smallest absolute Gasteiger partial charge is 0.241 e. The van der Waals surface area contributed by atoms with Crippen molar-refractivity contribution in [3.63, 3.8) is 0 Å². The highest BCUT2D eigenvalue weighted by Gasteiger charge is 2.15. The van der Waals surface area contributed by atoms with Crippen LogP contribution in [0.2, 0.25) is 0 Å². The average Bonchev–Trinajstić information content (AvgIpc) is 2.37. The maximum Gasteiger partial charge on any atom is 0.241 e. The van der Waals surface area contributed by atoms with Crippen LogP contribution >= 0.6 is 0 Å². The molecular formula is C11H15FN2O4S. The van der Waals surface area contributed by atoms with Crippen molar-refractivity contribution in [3.05, 3.63) is 30.1 Å². The standard InChI is InChI=1S/C11H15FN2O4S/c1-18-6-5-13-11(15)8-14-19(16,17)10-4-2-3-9(12)7-10/h2-4,7,14H,5-6,8H2,1H3,(H,13,15). The Morgan fingerprint density at radius 1 is 1.42 bits per heavy atom. The summed E-state index contributed by atoms with van der Waals surface area (Å²) in [7, 11) is -2.41. The molecule has 8 heteroatoms. The van der Waals surface area contributed by atoms with Crippen LogP contribution < -0.4 is 10.0 Å². The number of carbonyl (C=O) groups excluding carboxylic acids is 1. The summed E-state index contributed by atoms with van der Waals surface area (Å²) in [6.45, 7) is 0.210. The van der Waals surface area contributed by atoms with Crippen LogP contribution in [-0.2, 0) is 19.6 Å². The molecular weight excluding hydrogens is 275 g/mol. The molecule has 0 radical (unpaired) electrons. The number of halogens is 1. The van der Waals surface area contributed by atoms with Crippen LogP contribution in [0.5, 0.6) is 0 Å². The zero-order valence-corrected chi connectivity index (χ0v) is 11.2. The van der Waals surface area contributed by atoms with Gasteiger partial charge in [0, 0.05) is 13.7 Å². The second kappa shape index (κ2) is 7.17. The van der Waals surface area contributed by atoms with Crippen LogP contribution in [0.25, 0.3) is 0 Å². The van der Waals surface area contributed by atoms with E-state index >= 15 is 0 Å². The lowest BCUT2D eigenvalue weighted by Gasteiger charge is -2.07. The Balaban J connectivity index is 2.54. The zero-order chi connectivity index (χ0) is 14.3. The predicted molar refractivity (Wildman–Crippen MR) is 66.5 cm³/mol. The first-order chi connectivity index (χ1) is 8.95. The lowest BCUT2D eigenvalue weighted by atomic mass is 10.4. The molecule has 0 fully saturated rings. The Labute approximate surface area is 111 Å². The predicted octanol–water partition coefficient (Wildman–Crippen LogP) is -0.133. The summed E-state index contributed by atoms with van der Waals surface area (Å²) in [6.07, 6.45) is 0. The van der Waals surface area contributed by atoms with E-state index in [4.69, 9.17) is 4.74 Å². The monoisotopic (exact) mass is 290 g/mol. The van der Waals surface area contributed by atoms with Crippen molar-refractivity contribution in [1.82, 2.24) is 10.0 Å². The quantitative estimate of drug-likeness (QED) is 0.685. The number of carbonyl (C=O) groups is 1. The minimum Gasteiger partial charge on any atom is -0.383 e. The van der Waals surface area contributed by atoms with E-state index in [0.717, 1.165) is 12.1 Å². The highest BCUT2D eigenvalue weighted by molar-refractivity contribution is 7.89. The van der Waals surface area contributed by atoms with Crippen LogP contribution in [0.3, 0.4) is 0 Å². The van der Waals surface area contributed by atoms with Gasteiger partial charge in [-0.15, -0.1) is 0 Å². The molecule has 1 rings (SSSR count). The molecule has 0 spiro atoms. The first-order valence-electron chi connectivity index (χ1n) is 5.46. The van der Waals surface area contributed by atoms with E-state index in [1.807, 2.05) is 0 Å². The molecule has 0 aliphatic heterocycles. The first kappa shape index (κ1) is 15.5. The lowest BCUT2D eigenvalue weighted by molar-refractivity contribution is -0.120. The molecule has 0 atom stereocenters. The molecule has 0 aromatic heterocycles. The Morgan fingerprint density at radius 2 is 2.16 bits per heavy atom. The third-order valence-corrected chi connectivity index (χ3v) is 3.56. The summed E-state index contributed by atoms with van der Waals surface area (Å²) >= 11 is 0. The van der Waals surface area contributed by atoms with Gasteiger partial charge in [0.05, 0.1) is 18.0 Å². The largest absolute Gasteiger partial charge is 0.383 e. The van der Waals surface area contributed by atoms with Crippen molar-refractivity contribution in [2.75, 3.05) is 26.8 Å². The van der Waals surface area contributed by atoms with Crippen molar-refractivity contribution in [1.29, 1.82) is 0 Å². The van der Waals surface area contributed by atoms with E-state index in [2.05, 4.69) is 10.0 Å². The van der Waals surface area contributed by atoms with Crippen molar-refractivity contribution in [2.45, 2.75) is 4.90 Å². The van der Waals surface area contributed by atoms with E-state index in [1.54, 1.807) is 0 Å². The molecule has 0 saturated heterocycles. The number of sulfonamides is 1. The number of hydrogen-bond acceptors (Lipinski definition) is 4. The molecule has 2 N–H and O–H groups in total. The van der Waals surface area contributed by atoms with E-state index in [0.29, 0.717) is 6.61 Å². The number of benzene rings is 1. The molecule has 1 amide bonds. The number of amides is 1. The zero-order valence-electron chi connectivity index (χ0n) is 10.3. The SMILES string of the molecule is COCCNC(=O)CNS(=O)(=O)c1cccc(F)c1. The number of rotatable bonds is 7. The average molecular weight is 290 g/mol. The molecule has 19 heavy (non-hydrogen) atoms. The molecule has 1 aromatic carbocycles. The summed E-state index contributed by atoms with van der Waals surface area (Å²) in [6, 6.07) is 4.54. The summed E-state index contributed by atoms with van der Waals surface area (Å²) in [5.41, 5.74) is 0. The fourth-order valence-electron chi connectivity index (χ4n) is 1.23. The topological polar surface area (TPSA) is 84.5 Å². The van der Waals surface area contributed by atoms with Crippen LogP contribution in [0.1, 0.15) is 0 Å².